The second kappa shape index (κ2) is 3.81. The summed E-state index contributed by atoms with van der Waals surface area (Å²) >= 11 is 0. The molecular weight excluding hydrogens is 166 g/mol. The van der Waals surface area contributed by atoms with Crippen LogP contribution in [0.1, 0.15) is 33.6 Å². The molecule has 1 saturated carbocycles. The minimum Gasteiger partial charge on any atom is -0.298 e. The van der Waals surface area contributed by atoms with Crippen LogP contribution in [0.25, 0.3) is 0 Å². The molecule has 3 nitrogen and oxygen atoms in total. The van der Waals surface area contributed by atoms with Gasteiger partial charge in [0, 0.05) is 24.6 Å². The van der Waals surface area contributed by atoms with Crippen molar-refractivity contribution in [3.8, 4) is 0 Å². The van der Waals surface area contributed by atoms with E-state index < -0.39 is 5.92 Å². The molecule has 0 amide bonds. The molecule has 0 atom stereocenters. The van der Waals surface area contributed by atoms with Gasteiger partial charge in [0.1, 0.15) is 17.5 Å². The van der Waals surface area contributed by atoms with E-state index in [-0.39, 0.29) is 17.6 Å². The molecule has 0 spiro atoms. The van der Waals surface area contributed by atoms with Gasteiger partial charge in [0.2, 0.25) is 0 Å². The van der Waals surface area contributed by atoms with Gasteiger partial charge in [-0.1, -0.05) is 0 Å². The maximum Gasteiger partial charge on any atom is 0.149 e. The second-order valence-electron chi connectivity index (χ2n) is 3.73. The first-order chi connectivity index (χ1) is 6.02. The van der Waals surface area contributed by atoms with Crippen LogP contribution in [0.3, 0.4) is 0 Å². The summed E-state index contributed by atoms with van der Waals surface area (Å²) in [5.41, 5.74) is 0.683. The van der Waals surface area contributed by atoms with Crippen LogP contribution in [0.15, 0.2) is 4.99 Å². The highest BCUT2D eigenvalue weighted by atomic mass is 16.2. The SMILES string of the molecule is CC(=NC(C)C)C1C(=O)CCC1=O. The molecule has 0 aromatic rings. The van der Waals surface area contributed by atoms with Gasteiger partial charge in [-0.3, -0.25) is 14.6 Å². The van der Waals surface area contributed by atoms with Crippen LogP contribution in [-0.4, -0.2) is 23.3 Å². The molecule has 0 aromatic carbocycles. The summed E-state index contributed by atoms with van der Waals surface area (Å²) in [4.78, 5) is 26.8. The Kier molecular flexibility index (Phi) is 2.96. The van der Waals surface area contributed by atoms with Gasteiger partial charge >= 0.3 is 0 Å². The second-order valence-corrected chi connectivity index (χ2v) is 3.73. The van der Waals surface area contributed by atoms with E-state index in [9.17, 15) is 9.59 Å². The number of carbonyl (C=O) groups excluding carboxylic acids is 2. The number of rotatable bonds is 2. The number of carbonyl (C=O) groups is 2. The third-order valence-electron chi connectivity index (χ3n) is 2.14. The van der Waals surface area contributed by atoms with Crippen molar-refractivity contribution in [3.05, 3.63) is 0 Å². The molecule has 0 N–H and O–H groups in total. The van der Waals surface area contributed by atoms with Crippen molar-refractivity contribution in [2.24, 2.45) is 10.9 Å². The molecular formula is C10H15NO2. The zero-order chi connectivity index (χ0) is 10.0. The van der Waals surface area contributed by atoms with Crippen LogP contribution in [-0.2, 0) is 9.59 Å². The van der Waals surface area contributed by atoms with Crippen LogP contribution >= 0.6 is 0 Å². The van der Waals surface area contributed by atoms with E-state index in [1.54, 1.807) is 6.92 Å². The van der Waals surface area contributed by atoms with E-state index in [1.807, 2.05) is 13.8 Å². The molecule has 0 saturated heterocycles. The maximum absolute atomic E-state index is 11.3. The highest BCUT2D eigenvalue weighted by Crippen LogP contribution is 2.19. The van der Waals surface area contributed by atoms with Gasteiger partial charge in [-0.2, -0.15) is 0 Å². The van der Waals surface area contributed by atoms with Gasteiger partial charge in [0.05, 0.1) is 0 Å². The normalized spacial score (nSPS) is 20.5. The molecule has 72 valence electrons. The maximum atomic E-state index is 11.3. The van der Waals surface area contributed by atoms with Crippen LogP contribution < -0.4 is 0 Å². The predicted molar refractivity (Wildman–Crippen MR) is 51.0 cm³/mol. The minimum absolute atomic E-state index is 0.0342. The highest BCUT2D eigenvalue weighted by molar-refractivity contribution is 6.24. The highest BCUT2D eigenvalue weighted by Gasteiger charge is 2.34. The topological polar surface area (TPSA) is 46.5 Å². The number of Topliss-reactive ketones (excluding diaryl/α,β-unsaturated/α-hetero) is 2. The van der Waals surface area contributed by atoms with Crippen LogP contribution in [0, 0.1) is 5.92 Å². The van der Waals surface area contributed by atoms with Gasteiger partial charge < -0.3 is 0 Å². The van der Waals surface area contributed by atoms with Crippen LogP contribution in [0.4, 0.5) is 0 Å². The number of nitrogens with zero attached hydrogens (tertiary/aromatic N) is 1. The third-order valence-corrected chi connectivity index (χ3v) is 2.14. The zero-order valence-corrected chi connectivity index (χ0v) is 8.33. The summed E-state index contributed by atoms with van der Waals surface area (Å²) in [6, 6.07) is 0.154. The fourth-order valence-corrected chi connectivity index (χ4v) is 1.66. The monoisotopic (exact) mass is 181 g/mol. The molecule has 0 radical (unpaired) electrons. The summed E-state index contributed by atoms with van der Waals surface area (Å²) in [6.07, 6.45) is 0.795. The van der Waals surface area contributed by atoms with E-state index in [4.69, 9.17) is 0 Å². The lowest BCUT2D eigenvalue weighted by molar-refractivity contribution is -0.124. The third kappa shape index (κ3) is 2.23. The molecule has 0 bridgehead atoms. The van der Waals surface area contributed by atoms with Crippen molar-refractivity contribution in [3.63, 3.8) is 0 Å². The summed E-state index contributed by atoms with van der Waals surface area (Å²) in [5.74, 6) is -0.457. The molecule has 0 aliphatic heterocycles. The van der Waals surface area contributed by atoms with Gasteiger partial charge in [0.25, 0.3) is 0 Å². The Hall–Kier alpha value is -0.990. The Morgan fingerprint density at radius 3 is 2.15 bits per heavy atom. The minimum atomic E-state index is -0.526. The Labute approximate surface area is 78.2 Å². The van der Waals surface area contributed by atoms with Crippen LogP contribution in [0.2, 0.25) is 0 Å². The largest absolute Gasteiger partial charge is 0.298 e. The standard InChI is InChI=1S/C10H15NO2/c1-6(2)11-7(3)10-8(12)4-5-9(10)13/h6,10H,4-5H2,1-3H3. The first-order valence-corrected chi connectivity index (χ1v) is 4.62. The molecule has 0 heterocycles. The Morgan fingerprint density at radius 1 is 1.31 bits per heavy atom. The van der Waals surface area contributed by atoms with Crippen molar-refractivity contribution >= 4 is 17.3 Å². The molecule has 3 heteroatoms. The number of ketones is 2. The lowest BCUT2D eigenvalue weighted by Crippen LogP contribution is -2.23. The average molecular weight is 181 g/mol. The van der Waals surface area contributed by atoms with Gasteiger partial charge in [-0.25, -0.2) is 0 Å². The summed E-state index contributed by atoms with van der Waals surface area (Å²) in [5, 5.41) is 0. The van der Waals surface area contributed by atoms with E-state index >= 15 is 0 Å². The molecule has 13 heavy (non-hydrogen) atoms. The first kappa shape index (κ1) is 10.1. The van der Waals surface area contributed by atoms with Crippen molar-refractivity contribution in [2.45, 2.75) is 39.7 Å². The summed E-state index contributed by atoms with van der Waals surface area (Å²) in [6.45, 7) is 5.65. The lowest BCUT2D eigenvalue weighted by Gasteiger charge is -2.07. The average Bonchev–Trinajstić information content (AvgIpc) is 2.29. The van der Waals surface area contributed by atoms with Crippen molar-refractivity contribution in [1.82, 2.24) is 0 Å². The quantitative estimate of drug-likeness (QED) is 0.477. The van der Waals surface area contributed by atoms with E-state index in [1.165, 1.54) is 0 Å². The number of hydrogen-bond acceptors (Lipinski definition) is 3. The van der Waals surface area contributed by atoms with Crippen molar-refractivity contribution in [2.75, 3.05) is 0 Å². The van der Waals surface area contributed by atoms with E-state index in [0.29, 0.717) is 18.6 Å². The van der Waals surface area contributed by atoms with Gasteiger partial charge in [0.15, 0.2) is 0 Å². The smallest absolute Gasteiger partial charge is 0.149 e. The van der Waals surface area contributed by atoms with Crippen molar-refractivity contribution < 1.29 is 9.59 Å². The molecule has 1 aliphatic carbocycles. The van der Waals surface area contributed by atoms with E-state index in [0.717, 1.165) is 0 Å². The van der Waals surface area contributed by atoms with Gasteiger partial charge in [-0.05, 0) is 20.8 Å². The zero-order valence-electron chi connectivity index (χ0n) is 8.33. The molecule has 1 rings (SSSR count). The summed E-state index contributed by atoms with van der Waals surface area (Å²) in [7, 11) is 0. The van der Waals surface area contributed by atoms with E-state index in [2.05, 4.69) is 4.99 Å². The van der Waals surface area contributed by atoms with Gasteiger partial charge in [-0.15, -0.1) is 0 Å². The Morgan fingerprint density at radius 2 is 1.77 bits per heavy atom. The number of aliphatic imine (C=N–C) groups is 1. The molecule has 1 aliphatic rings. The fourth-order valence-electron chi connectivity index (χ4n) is 1.66. The number of hydrogen-bond donors (Lipinski definition) is 0. The summed E-state index contributed by atoms with van der Waals surface area (Å²) < 4.78 is 0. The molecule has 1 fully saturated rings. The van der Waals surface area contributed by atoms with Crippen LogP contribution in [0.5, 0.6) is 0 Å². The molecule has 0 unspecified atom stereocenters. The fraction of sp³-hybridized carbons (Fsp3) is 0.700. The Balaban J connectivity index is 2.81. The molecule has 0 aromatic heterocycles. The first-order valence-electron chi connectivity index (χ1n) is 4.62. The Bertz CT molecular complexity index is 250. The predicted octanol–water partition coefficient (Wildman–Crippen LogP) is 1.40. The lowest BCUT2D eigenvalue weighted by atomic mass is 10.0. The van der Waals surface area contributed by atoms with Crippen molar-refractivity contribution in [1.29, 1.82) is 0 Å².